The lowest BCUT2D eigenvalue weighted by Crippen LogP contribution is -2.37. The summed E-state index contributed by atoms with van der Waals surface area (Å²) in [5.41, 5.74) is 1.34. The molecule has 0 saturated carbocycles. The Morgan fingerprint density at radius 2 is 2.11 bits per heavy atom. The molecule has 18 heavy (non-hydrogen) atoms. The summed E-state index contributed by atoms with van der Waals surface area (Å²) in [7, 11) is 0. The molecule has 1 aromatic carbocycles. The van der Waals surface area contributed by atoms with Crippen molar-refractivity contribution in [3.8, 4) is 5.75 Å². The van der Waals surface area contributed by atoms with Gasteiger partial charge in [-0.05, 0) is 38.4 Å². The third kappa shape index (κ3) is 2.68. The molecular formula is C15H22N2O. The van der Waals surface area contributed by atoms with Crippen molar-refractivity contribution in [1.29, 1.82) is 0 Å². The van der Waals surface area contributed by atoms with Crippen LogP contribution < -0.4 is 10.1 Å². The molecule has 2 aliphatic heterocycles. The third-order valence-electron chi connectivity index (χ3n) is 4.04. The van der Waals surface area contributed by atoms with Gasteiger partial charge >= 0.3 is 0 Å². The average molecular weight is 246 g/mol. The largest absolute Gasteiger partial charge is 0.492 e. The van der Waals surface area contributed by atoms with E-state index in [0.717, 1.165) is 38.0 Å². The summed E-state index contributed by atoms with van der Waals surface area (Å²) < 4.78 is 5.84. The van der Waals surface area contributed by atoms with Crippen LogP contribution in [0.5, 0.6) is 5.75 Å². The minimum Gasteiger partial charge on any atom is -0.492 e. The summed E-state index contributed by atoms with van der Waals surface area (Å²) in [6, 6.07) is 9.18. The minimum absolute atomic E-state index is 0.717. The summed E-state index contributed by atoms with van der Waals surface area (Å²) >= 11 is 0. The van der Waals surface area contributed by atoms with E-state index in [0.29, 0.717) is 0 Å². The molecule has 1 fully saturated rings. The highest BCUT2D eigenvalue weighted by Gasteiger charge is 2.23. The van der Waals surface area contributed by atoms with Gasteiger partial charge < -0.3 is 10.1 Å². The molecule has 1 atom stereocenters. The molecule has 1 N–H and O–H groups in total. The fraction of sp³-hybridized carbons (Fsp3) is 0.600. The van der Waals surface area contributed by atoms with Crippen molar-refractivity contribution >= 4 is 0 Å². The van der Waals surface area contributed by atoms with Crippen LogP contribution in [0.15, 0.2) is 24.3 Å². The Kier molecular flexibility index (Phi) is 3.81. The lowest BCUT2D eigenvalue weighted by atomic mass is 10.1. The van der Waals surface area contributed by atoms with Crippen molar-refractivity contribution in [3.63, 3.8) is 0 Å². The second-order valence-corrected chi connectivity index (χ2v) is 5.26. The molecule has 0 aromatic heterocycles. The SMILES string of the molecule is c1ccc2c(c1)CN(C1CCCNCC1)CCO2. The molecule has 98 valence electrons. The molecule has 3 rings (SSSR count). The van der Waals surface area contributed by atoms with E-state index in [9.17, 15) is 0 Å². The quantitative estimate of drug-likeness (QED) is 0.820. The van der Waals surface area contributed by atoms with Crippen LogP contribution in [0.4, 0.5) is 0 Å². The van der Waals surface area contributed by atoms with Gasteiger partial charge in [-0.2, -0.15) is 0 Å². The van der Waals surface area contributed by atoms with Crippen LogP contribution in [0.3, 0.4) is 0 Å². The fourth-order valence-electron chi connectivity index (χ4n) is 3.02. The van der Waals surface area contributed by atoms with E-state index in [1.54, 1.807) is 0 Å². The van der Waals surface area contributed by atoms with Gasteiger partial charge in [-0.1, -0.05) is 18.2 Å². The topological polar surface area (TPSA) is 24.5 Å². The number of hydrogen-bond acceptors (Lipinski definition) is 3. The zero-order valence-corrected chi connectivity index (χ0v) is 10.9. The van der Waals surface area contributed by atoms with Crippen molar-refractivity contribution in [2.45, 2.75) is 31.8 Å². The number of para-hydroxylation sites is 1. The Labute approximate surface area is 109 Å². The molecule has 0 amide bonds. The number of ether oxygens (including phenoxy) is 1. The molecule has 0 spiro atoms. The molecule has 3 nitrogen and oxygen atoms in total. The first kappa shape index (κ1) is 12.0. The van der Waals surface area contributed by atoms with Crippen molar-refractivity contribution in [2.24, 2.45) is 0 Å². The molecule has 1 saturated heterocycles. The second-order valence-electron chi connectivity index (χ2n) is 5.26. The lowest BCUT2D eigenvalue weighted by molar-refractivity contribution is 0.157. The zero-order valence-electron chi connectivity index (χ0n) is 10.9. The summed E-state index contributed by atoms with van der Waals surface area (Å²) in [5.74, 6) is 1.08. The van der Waals surface area contributed by atoms with E-state index in [4.69, 9.17) is 4.74 Å². The maximum absolute atomic E-state index is 5.84. The van der Waals surface area contributed by atoms with Crippen LogP contribution >= 0.6 is 0 Å². The van der Waals surface area contributed by atoms with Crippen LogP contribution in [0.25, 0.3) is 0 Å². The minimum atomic E-state index is 0.717. The predicted molar refractivity (Wildman–Crippen MR) is 72.9 cm³/mol. The van der Waals surface area contributed by atoms with Gasteiger partial charge in [0.15, 0.2) is 0 Å². The first-order chi connectivity index (χ1) is 8.93. The Morgan fingerprint density at radius 1 is 1.17 bits per heavy atom. The molecule has 0 aliphatic carbocycles. The normalized spacial score (nSPS) is 25.7. The Hall–Kier alpha value is -1.06. The van der Waals surface area contributed by atoms with Gasteiger partial charge in [-0.15, -0.1) is 0 Å². The van der Waals surface area contributed by atoms with Gasteiger partial charge in [0, 0.05) is 24.7 Å². The van der Waals surface area contributed by atoms with E-state index in [1.807, 2.05) is 0 Å². The number of nitrogens with one attached hydrogen (secondary N) is 1. The van der Waals surface area contributed by atoms with Crippen LogP contribution in [0.1, 0.15) is 24.8 Å². The third-order valence-corrected chi connectivity index (χ3v) is 4.04. The van der Waals surface area contributed by atoms with E-state index in [-0.39, 0.29) is 0 Å². The molecule has 1 aromatic rings. The van der Waals surface area contributed by atoms with Crippen LogP contribution in [0, 0.1) is 0 Å². The highest BCUT2D eigenvalue weighted by atomic mass is 16.5. The first-order valence-electron chi connectivity index (χ1n) is 7.09. The van der Waals surface area contributed by atoms with Gasteiger partial charge in [0.1, 0.15) is 12.4 Å². The number of fused-ring (bicyclic) bond motifs is 1. The number of nitrogens with zero attached hydrogens (tertiary/aromatic N) is 1. The standard InChI is InChI=1S/C15H22N2O/c1-2-6-15-13(4-1)12-17(10-11-18-15)14-5-3-8-16-9-7-14/h1-2,4,6,14,16H,3,5,7-12H2. The maximum Gasteiger partial charge on any atom is 0.123 e. The molecule has 2 aliphatic rings. The van der Waals surface area contributed by atoms with Crippen LogP contribution in [-0.4, -0.2) is 37.2 Å². The van der Waals surface area contributed by atoms with Gasteiger partial charge in [0.2, 0.25) is 0 Å². The second kappa shape index (κ2) is 5.72. The summed E-state index contributed by atoms with van der Waals surface area (Å²) in [6.45, 7) is 5.25. The zero-order chi connectivity index (χ0) is 12.2. The molecule has 1 unspecified atom stereocenters. The average Bonchev–Trinajstić information content (AvgIpc) is 2.79. The van der Waals surface area contributed by atoms with E-state index in [1.165, 1.54) is 31.4 Å². The molecule has 2 heterocycles. The summed E-state index contributed by atoms with van der Waals surface area (Å²) in [6.07, 6.45) is 3.88. The Bertz CT molecular complexity index is 386. The highest BCUT2D eigenvalue weighted by molar-refractivity contribution is 5.33. The Balaban J connectivity index is 1.73. The van der Waals surface area contributed by atoms with Crippen LogP contribution in [0.2, 0.25) is 0 Å². The summed E-state index contributed by atoms with van der Waals surface area (Å²) in [5, 5.41) is 3.49. The number of hydrogen-bond donors (Lipinski definition) is 1. The van der Waals surface area contributed by atoms with Crippen molar-refractivity contribution in [1.82, 2.24) is 10.2 Å². The van der Waals surface area contributed by atoms with E-state index in [2.05, 4.69) is 34.5 Å². The first-order valence-corrected chi connectivity index (χ1v) is 7.09. The summed E-state index contributed by atoms with van der Waals surface area (Å²) in [4.78, 5) is 2.61. The molecule has 0 bridgehead atoms. The monoisotopic (exact) mass is 246 g/mol. The van der Waals surface area contributed by atoms with Gasteiger partial charge in [0.05, 0.1) is 0 Å². The van der Waals surface area contributed by atoms with E-state index >= 15 is 0 Å². The van der Waals surface area contributed by atoms with Crippen LogP contribution in [-0.2, 0) is 6.54 Å². The number of benzene rings is 1. The van der Waals surface area contributed by atoms with Gasteiger partial charge in [-0.3, -0.25) is 4.90 Å². The molecule has 0 radical (unpaired) electrons. The number of rotatable bonds is 1. The predicted octanol–water partition coefficient (Wildman–Crippen LogP) is 2.02. The molecule has 3 heteroatoms. The Morgan fingerprint density at radius 3 is 3.11 bits per heavy atom. The van der Waals surface area contributed by atoms with E-state index < -0.39 is 0 Å². The smallest absolute Gasteiger partial charge is 0.123 e. The van der Waals surface area contributed by atoms with Crippen molar-refractivity contribution in [3.05, 3.63) is 29.8 Å². The van der Waals surface area contributed by atoms with Gasteiger partial charge in [-0.25, -0.2) is 0 Å². The maximum atomic E-state index is 5.84. The highest BCUT2D eigenvalue weighted by Crippen LogP contribution is 2.25. The fourth-order valence-corrected chi connectivity index (χ4v) is 3.02. The lowest BCUT2D eigenvalue weighted by Gasteiger charge is -2.29. The van der Waals surface area contributed by atoms with Crippen molar-refractivity contribution in [2.75, 3.05) is 26.2 Å². The van der Waals surface area contributed by atoms with Crippen molar-refractivity contribution < 1.29 is 4.74 Å². The van der Waals surface area contributed by atoms with Gasteiger partial charge in [0.25, 0.3) is 0 Å². The molecular weight excluding hydrogens is 224 g/mol.